The van der Waals surface area contributed by atoms with Crippen molar-refractivity contribution in [2.75, 3.05) is 26.2 Å². The largest absolute Gasteiger partial charge is 0.301 e. The molecule has 5 heteroatoms. The van der Waals surface area contributed by atoms with Crippen molar-refractivity contribution >= 4 is 17.5 Å². The summed E-state index contributed by atoms with van der Waals surface area (Å²) in [5, 5.41) is 0.543. The summed E-state index contributed by atoms with van der Waals surface area (Å²) in [4.78, 5) is 19.3. The molecular weight excluding hydrogens is 264 g/mol. The van der Waals surface area contributed by atoms with Crippen molar-refractivity contribution in [2.24, 2.45) is 0 Å². The second-order valence-electron chi connectivity index (χ2n) is 4.69. The first-order valence-electron chi connectivity index (χ1n) is 6.66. The van der Waals surface area contributed by atoms with Gasteiger partial charge < -0.3 is 4.90 Å². The van der Waals surface area contributed by atoms with Crippen molar-refractivity contribution < 1.29 is 9.63 Å². The third-order valence-electron chi connectivity index (χ3n) is 3.21. The third-order valence-corrected chi connectivity index (χ3v) is 3.45. The van der Waals surface area contributed by atoms with E-state index in [2.05, 4.69) is 10.4 Å². The minimum Gasteiger partial charge on any atom is -0.301 e. The molecule has 0 aromatic heterocycles. The van der Waals surface area contributed by atoms with E-state index in [0.717, 1.165) is 19.6 Å². The zero-order valence-electron chi connectivity index (χ0n) is 10.9. The molecule has 0 saturated carbocycles. The van der Waals surface area contributed by atoms with E-state index in [4.69, 9.17) is 16.4 Å². The molecule has 104 valence electrons. The molecule has 0 aliphatic carbocycles. The Balaban J connectivity index is 1.66. The average molecular weight is 283 g/mol. The average Bonchev–Trinajstić information content (AvgIpc) is 2.44. The van der Waals surface area contributed by atoms with E-state index in [1.165, 1.54) is 19.3 Å². The second kappa shape index (κ2) is 7.48. The second-order valence-corrected chi connectivity index (χ2v) is 5.13. The molecule has 1 aromatic carbocycles. The normalized spacial score (nSPS) is 16.3. The zero-order valence-corrected chi connectivity index (χ0v) is 11.7. The van der Waals surface area contributed by atoms with E-state index in [0.29, 0.717) is 17.2 Å². The van der Waals surface area contributed by atoms with Gasteiger partial charge in [0.05, 0.1) is 6.61 Å². The lowest BCUT2D eigenvalue weighted by Crippen LogP contribution is -2.35. The van der Waals surface area contributed by atoms with Crippen molar-refractivity contribution in [3.63, 3.8) is 0 Å². The van der Waals surface area contributed by atoms with Gasteiger partial charge in [0, 0.05) is 17.1 Å². The molecule has 1 aliphatic heterocycles. The van der Waals surface area contributed by atoms with Crippen LogP contribution in [0.15, 0.2) is 24.3 Å². The molecule has 1 amide bonds. The van der Waals surface area contributed by atoms with Crippen LogP contribution in [0.25, 0.3) is 0 Å². The molecule has 0 spiro atoms. The molecule has 1 saturated heterocycles. The summed E-state index contributed by atoms with van der Waals surface area (Å²) in [5.41, 5.74) is 2.95. The third kappa shape index (κ3) is 4.82. The number of rotatable bonds is 5. The van der Waals surface area contributed by atoms with E-state index < -0.39 is 0 Å². The summed E-state index contributed by atoms with van der Waals surface area (Å²) in [6.07, 6.45) is 3.84. The van der Waals surface area contributed by atoms with Crippen LogP contribution in [0.2, 0.25) is 5.02 Å². The Hall–Kier alpha value is -1.10. The maximum absolute atomic E-state index is 11.7. The highest BCUT2D eigenvalue weighted by Gasteiger charge is 2.10. The van der Waals surface area contributed by atoms with Gasteiger partial charge in [0.25, 0.3) is 5.91 Å². The zero-order chi connectivity index (χ0) is 13.5. The maximum atomic E-state index is 11.7. The van der Waals surface area contributed by atoms with Crippen molar-refractivity contribution in [1.82, 2.24) is 10.4 Å². The van der Waals surface area contributed by atoms with Gasteiger partial charge in [-0.25, -0.2) is 5.48 Å². The summed E-state index contributed by atoms with van der Waals surface area (Å²) in [6.45, 7) is 3.62. The van der Waals surface area contributed by atoms with Crippen molar-refractivity contribution in [2.45, 2.75) is 19.3 Å². The summed E-state index contributed by atoms with van der Waals surface area (Å²) < 4.78 is 0. The molecule has 1 fully saturated rings. The van der Waals surface area contributed by atoms with E-state index in [1.807, 2.05) is 0 Å². The quantitative estimate of drug-likeness (QED) is 0.666. The Morgan fingerprint density at radius 3 is 2.84 bits per heavy atom. The van der Waals surface area contributed by atoms with Crippen LogP contribution in [0.3, 0.4) is 0 Å². The number of amides is 1. The lowest BCUT2D eigenvalue weighted by atomic mass is 10.1. The van der Waals surface area contributed by atoms with Crippen LogP contribution >= 0.6 is 11.6 Å². The number of benzene rings is 1. The van der Waals surface area contributed by atoms with Gasteiger partial charge in [0.1, 0.15) is 0 Å². The molecule has 1 N–H and O–H groups in total. The maximum Gasteiger partial charge on any atom is 0.274 e. The number of nitrogens with one attached hydrogen (secondary N) is 1. The molecule has 19 heavy (non-hydrogen) atoms. The van der Waals surface area contributed by atoms with Gasteiger partial charge in [-0.1, -0.05) is 24.1 Å². The number of carbonyl (C=O) groups is 1. The van der Waals surface area contributed by atoms with Gasteiger partial charge in [-0.15, -0.1) is 0 Å². The predicted molar refractivity (Wildman–Crippen MR) is 75.2 cm³/mol. The number of nitrogens with zero attached hydrogens (tertiary/aromatic N) is 1. The number of hydrogen-bond donors (Lipinski definition) is 1. The number of carbonyl (C=O) groups excluding carboxylic acids is 1. The fourth-order valence-corrected chi connectivity index (χ4v) is 2.35. The van der Waals surface area contributed by atoms with Crippen molar-refractivity contribution in [3.8, 4) is 0 Å². The SMILES string of the molecule is O=C(NOCCN1CCCCC1)c1cccc(Cl)c1. The fourth-order valence-electron chi connectivity index (χ4n) is 2.16. The van der Waals surface area contributed by atoms with E-state index in [1.54, 1.807) is 24.3 Å². The topological polar surface area (TPSA) is 41.6 Å². The monoisotopic (exact) mass is 282 g/mol. The smallest absolute Gasteiger partial charge is 0.274 e. The molecule has 4 nitrogen and oxygen atoms in total. The van der Waals surface area contributed by atoms with Crippen molar-refractivity contribution in [1.29, 1.82) is 0 Å². The van der Waals surface area contributed by atoms with Crippen LogP contribution in [0.1, 0.15) is 29.6 Å². The first-order chi connectivity index (χ1) is 9.25. The standard InChI is InChI=1S/C14H19ClN2O2/c15-13-6-4-5-12(11-13)14(18)16-19-10-9-17-7-2-1-3-8-17/h4-6,11H,1-3,7-10H2,(H,16,18). The molecule has 2 rings (SSSR count). The summed E-state index contributed by atoms with van der Waals surface area (Å²) in [5.74, 6) is -0.263. The number of piperidine rings is 1. The van der Waals surface area contributed by atoms with E-state index >= 15 is 0 Å². The molecule has 1 aromatic rings. The van der Waals surface area contributed by atoms with Gasteiger partial charge >= 0.3 is 0 Å². The Morgan fingerprint density at radius 2 is 2.11 bits per heavy atom. The molecule has 0 atom stereocenters. The molecule has 0 unspecified atom stereocenters. The lowest BCUT2D eigenvalue weighted by Gasteiger charge is -2.25. The number of hydrogen-bond acceptors (Lipinski definition) is 3. The van der Waals surface area contributed by atoms with Gasteiger partial charge in [-0.3, -0.25) is 9.63 Å². The minimum atomic E-state index is -0.263. The Bertz CT molecular complexity index is 420. The van der Waals surface area contributed by atoms with Gasteiger partial charge in [-0.05, 0) is 44.1 Å². The minimum absolute atomic E-state index is 0.263. The lowest BCUT2D eigenvalue weighted by molar-refractivity contribution is 0.0206. The highest BCUT2D eigenvalue weighted by Crippen LogP contribution is 2.10. The molecular formula is C14H19ClN2O2. The number of likely N-dealkylation sites (tertiary alicyclic amines) is 1. The highest BCUT2D eigenvalue weighted by molar-refractivity contribution is 6.30. The molecule has 1 aliphatic rings. The van der Waals surface area contributed by atoms with Crippen LogP contribution < -0.4 is 5.48 Å². The van der Waals surface area contributed by atoms with Gasteiger partial charge in [0.15, 0.2) is 0 Å². The summed E-state index contributed by atoms with van der Waals surface area (Å²) >= 11 is 5.82. The molecule has 0 bridgehead atoms. The highest BCUT2D eigenvalue weighted by atomic mass is 35.5. The Kier molecular flexibility index (Phi) is 5.63. The predicted octanol–water partition coefficient (Wildman–Crippen LogP) is 2.49. The first kappa shape index (κ1) is 14.3. The first-order valence-corrected chi connectivity index (χ1v) is 7.03. The van der Waals surface area contributed by atoms with E-state index in [9.17, 15) is 4.79 Å². The number of halogens is 1. The Morgan fingerprint density at radius 1 is 1.32 bits per heavy atom. The summed E-state index contributed by atoms with van der Waals surface area (Å²) in [6, 6.07) is 6.79. The fraction of sp³-hybridized carbons (Fsp3) is 0.500. The Labute approximate surface area is 118 Å². The summed E-state index contributed by atoms with van der Waals surface area (Å²) in [7, 11) is 0. The van der Waals surface area contributed by atoms with E-state index in [-0.39, 0.29) is 5.91 Å². The van der Waals surface area contributed by atoms with Gasteiger partial charge in [-0.2, -0.15) is 0 Å². The number of hydroxylamine groups is 1. The van der Waals surface area contributed by atoms with Crippen LogP contribution in [0, 0.1) is 0 Å². The van der Waals surface area contributed by atoms with Crippen LogP contribution in [0.4, 0.5) is 0 Å². The van der Waals surface area contributed by atoms with Crippen LogP contribution in [-0.4, -0.2) is 37.0 Å². The van der Waals surface area contributed by atoms with Crippen LogP contribution in [-0.2, 0) is 4.84 Å². The van der Waals surface area contributed by atoms with Crippen molar-refractivity contribution in [3.05, 3.63) is 34.9 Å². The molecule has 0 radical (unpaired) electrons. The van der Waals surface area contributed by atoms with Crippen LogP contribution in [0.5, 0.6) is 0 Å². The molecule has 1 heterocycles. The van der Waals surface area contributed by atoms with Gasteiger partial charge in [0.2, 0.25) is 0 Å².